The fraction of sp³-hybridized carbons (Fsp3) is 0.233. The maximum absolute atomic E-state index is 14.3. The van der Waals surface area contributed by atoms with Crippen LogP contribution < -0.4 is 5.56 Å². The smallest absolute Gasteiger partial charge is 0.256 e. The summed E-state index contributed by atoms with van der Waals surface area (Å²) in [4.78, 5) is 35.6. The summed E-state index contributed by atoms with van der Waals surface area (Å²) in [7, 11) is 0. The summed E-state index contributed by atoms with van der Waals surface area (Å²) in [6.45, 7) is 0.434. The van der Waals surface area contributed by atoms with Crippen LogP contribution in [0.5, 0.6) is 0 Å². The van der Waals surface area contributed by atoms with Crippen LogP contribution in [0.2, 0.25) is 0 Å². The molecule has 1 aromatic heterocycles. The normalized spacial score (nSPS) is 16.6. The number of benzene rings is 3. The quantitative estimate of drug-likeness (QED) is 0.433. The number of halogens is 1. The Morgan fingerprint density at radius 3 is 2.54 bits per heavy atom. The Morgan fingerprint density at radius 1 is 1.03 bits per heavy atom. The van der Waals surface area contributed by atoms with Crippen molar-refractivity contribution in [3.05, 3.63) is 123 Å². The highest BCUT2D eigenvalue weighted by Gasteiger charge is 2.48. The van der Waals surface area contributed by atoms with Crippen molar-refractivity contribution in [1.82, 2.24) is 14.9 Å². The van der Waals surface area contributed by atoms with Gasteiger partial charge < -0.3 is 15.0 Å². The molecule has 186 valence electrons. The minimum Gasteiger partial charge on any atom is -0.378 e. The Bertz CT molecular complexity index is 1550. The third-order valence-corrected chi connectivity index (χ3v) is 7.53. The molecule has 37 heavy (non-hydrogen) atoms. The number of hydrogen-bond acceptors (Lipinski definition) is 4. The van der Waals surface area contributed by atoms with Crippen LogP contribution >= 0.6 is 0 Å². The Balaban J connectivity index is 1.23. The SMILES string of the molecule is O=C(C(O)c1cccc(-c2ccccc2F)c1)N1CCc2nc(C3(c4ccccc4)CC3)[nH]c(=O)c2C1. The lowest BCUT2D eigenvalue weighted by molar-refractivity contribution is -0.141. The molecule has 2 aliphatic rings. The van der Waals surface area contributed by atoms with E-state index in [-0.39, 0.29) is 23.3 Å². The summed E-state index contributed by atoms with van der Waals surface area (Å²) < 4.78 is 14.3. The Labute approximate surface area is 213 Å². The van der Waals surface area contributed by atoms with Crippen molar-refractivity contribution >= 4 is 5.91 Å². The average Bonchev–Trinajstić information content (AvgIpc) is 3.75. The van der Waals surface area contributed by atoms with Gasteiger partial charge in [-0.25, -0.2) is 9.37 Å². The largest absolute Gasteiger partial charge is 0.378 e. The number of aliphatic hydroxyl groups is 1. The second-order valence-electron chi connectivity index (χ2n) is 9.81. The first-order chi connectivity index (χ1) is 18.0. The van der Waals surface area contributed by atoms with Crippen molar-refractivity contribution in [3.8, 4) is 11.1 Å². The molecule has 1 fully saturated rings. The van der Waals surface area contributed by atoms with Crippen LogP contribution in [0, 0.1) is 5.82 Å². The second-order valence-corrected chi connectivity index (χ2v) is 9.81. The fourth-order valence-electron chi connectivity index (χ4n) is 5.27. The zero-order valence-corrected chi connectivity index (χ0v) is 20.2. The summed E-state index contributed by atoms with van der Waals surface area (Å²) in [5.41, 5.74) is 3.17. The number of carbonyl (C=O) groups is 1. The van der Waals surface area contributed by atoms with E-state index >= 15 is 0 Å². The van der Waals surface area contributed by atoms with Gasteiger partial charge in [0.15, 0.2) is 6.10 Å². The Kier molecular flexibility index (Phi) is 5.72. The number of carbonyl (C=O) groups excluding carboxylic acids is 1. The molecule has 1 saturated carbocycles. The number of nitrogens with one attached hydrogen (secondary N) is 1. The van der Waals surface area contributed by atoms with E-state index in [1.807, 2.05) is 18.2 Å². The van der Waals surface area contributed by atoms with Gasteiger partial charge in [-0.2, -0.15) is 0 Å². The predicted molar refractivity (Wildman–Crippen MR) is 137 cm³/mol. The predicted octanol–water partition coefficient (Wildman–Crippen LogP) is 4.27. The molecule has 6 rings (SSSR count). The molecule has 7 heteroatoms. The third-order valence-electron chi connectivity index (χ3n) is 7.53. The number of fused-ring (bicyclic) bond motifs is 1. The number of amides is 1. The molecule has 0 bridgehead atoms. The van der Waals surface area contributed by atoms with Gasteiger partial charge in [0.25, 0.3) is 11.5 Å². The molecule has 0 saturated heterocycles. The number of rotatable bonds is 5. The van der Waals surface area contributed by atoms with Crippen molar-refractivity contribution in [3.63, 3.8) is 0 Å². The van der Waals surface area contributed by atoms with Crippen molar-refractivity contribution < 1.29 is 14.3 Å². The lowest BCUT2D eigenvalue weighted by atomic mass is 9.94. The minimum absolute atomic E-state index is 0.0825. The minimum atomic E-state index is -1.42. The van der Waals surface area contributed by atoms with Gasteiger partial charge in [-0.3, -0.25) is 9.59 Å². The van der Waals surface area contributed by atoms with Crippen LogP contribution in [0.3, 0.4) is 0 Å². The fourth-order valence-corrected chi connectivity index (χ4v) is 5.27. The van der Waals surface area contributed by atoms with Crippen LogP contribution in [0.1, 0.15) is 47.2 Å². The zero-order chi connectivity index (χ0) is 25.6. The van der Waals surface area contributed by atoms with Crippen LogP contribution in [0.15, 0.2) is 83.7 Å². The van der Waals surface area contributed by atoms with Gasteiger partial charge in [-0.05, 0) is 41.7 Å². The highest BCUT2D eigenvalue weighted by molar-refractivity contribution is 5.83. The third kappa shape index (κ3) is 4.15. The van der Waals surface area contributed by atoms with Crippen molar-refractivity contribution in [2.45, 2.75) is 37.3 Å². The lowest BCUT2D eigenvalue weighted by Gasteiger charge is -2.30. The van der Waals surface area contributed by atoms with E-state index in [1.54, 1.807) is 42.5 Å². The molecule has 1 amide bonds. The summed E-state index contributed by atoms with van der Waals surface area (Å²) in [6.07, 6.45) is 0.876. The van der Waals surface area contributed by atoms with Gasteiger partial charge in [-0.15, -0.1) is 0 Å². The molecular weight excluding hydrogens is 469 g/mol. The number of aliphatic hydroxyl groups excluding tert-OH is 1. The highest BCUT2D eigenvalue weighted by atomic mass is 19.1. The van der Waals surface area contributed by atoms with Crippen LogP contribution in [0.4, 0.5) is 4.39 Å². The van der Waals surface area contributed by atoms with E-state index in [9.17, 15) is 19.1 Å². The number of hydrogen-bond donors (Lipinski definition) is 2. The zero-order valence-electron chi connectivity index (χ0n) is 20.2. The first-order valence-electron chi connectivity index (χ1n) is 12.5. The Hall–Kier alpha value is -4.10. The van der Waals surface area contributed by atoms with Gasteiger partial charge in [0.2, 0.25) is 0 Å². The standard InChI is InChI=1S/C30H26FN3O3/c31-24-12-5-4-11-22(24)19-7-6-8-20(17-19)26(35)28(37)34-16-13-25-23(18-34)27(36)33-29(32-25)30(14-15-30)21-9-2-1-3-10-21/h1-12,17,26,35H,13-16,18H2,(H,32,33,36). The molecule has 0 spiro atoms. The second kappa shape index (κ2) is 9.09. The van der Waals surface area contributed by atoms with E-state index < -0.39 is 12.0 Å². The van der Waals surface area contributed by atoms with Crippen LogP contribution in [-0.4, -0.2) is 32.4 Å². The topological polar surface area (TPSA) is 86.3 Å². The van der Waals surface area contributed by atoms with Crippen molar-refractivity contribution in [1.29, 1.82) is 0 Å². The average molecular weight is 496 g/mol. The van der Waals surface area contributed by atoms with Crippen LogP contribution in [0.25, 0.3) is 11.1 Å². The highest BCUT2D eigenvalue weighted by Crippen LogP contribution is 2.51. The number of aromatic nitrogens is 2. The molecule has 1 unspecified atom stereocenters. The van der Waals surface area contributed by atoms with Gasteiger partial charge >= 0.3 is 0 Å². The first kappa shape index (κ1) is 23.3. The Morgan fingerprint density at radius 2 is 1.78 bits per heavy atom. The molecule has 2 heterocycles. The molecule has 1 aliphatic heterocycles. The van der Waals surface area contributed by atoms with Gasteiger partial charge in [-0.1, -0.05) is 66.7 Å². The van der Waals surface area contributed by atoms with E-state index in [0.717, 1.165) is 18.4 Å². The molecule has 4 aromatic rings. The van der Waals surface area contributed by atoms with E-state index in [1.165, 1.54) is 11.0 Å². The van der Waals surface area contributed by atoms with E-state index in [0.29, 0.717) is 46.7 Å². The summed E-state index contributed by atoms with van der Waals surface area (Å²) in [5, 5.41) is 10.9. The van der Waals surface area contributed by atoms with E-state index in [4.69, 9.17) is 4.98 Å². The van der Waals surface area contributed by atoms with Gasteiger partial charge in [0, 0.05) is 18.5 Å². The molecule has 1 atom stereocenters. The molecule has 2 N–H and O–H groups in total. The molecule has 0 radical (unpaired) electrons. The number of aromatic amines is 1. The van der Waals surface area contributed by atoms with Crippen LogP contribution in [-0.2, 0) is 23.2 Å². The van der Waals surface area contributed by atoms with Gasteiger partial charge in [0.1, 0.15) is 11.6 Å². The van der Waals surface area contributed by atoms with Crippen molar-refractivity contribution in [2.24, 2.45) is 0 Å². The van der Waals surface area contributed by atoms with Gasteiger partial charge in [0.05, 0.1) is 23.2 Å². The monoisotopic (exact) mass is 495 g/mol. The summed E-state index contributed by atoms with van der Waals surface area (Å²) in [5.74, 6) is -0.186. The molecule has 1 aliphatic carbocycles. The summed E-state index contributed by atoms with van der Waals surface area (Å²) in [6, 6.07) is 23.2. The maximum atomic E-state index is 14.3. The number of nitrogens with zero attached hydrogens (tertiary/aromatic N) is 2. The molecular formula is C30H26FN3O3. The lowest BCUT2D eigenvalue weighted by Crippen LogP contribution is -2.42. The number of H-pyrrole nitrogens is 1. The first-order valence-corrected chi connectivity index (χ1v) is 12.5. The molecule has 3 aromatic carbocycles. The molecule has 6 nitrogen and oxygen atoms in total. The van der Waals surface area contributed by atoms with Crippen molar-refractivity contribution in [2.75, 3.05) is 6.54 Å². The van der Waals surface area contributed by atoms with E-state index in [2.05, 4.69) is 17.1 Å². The maximum Gasteiger partial charge on any atom is 0.256 e. The summed E-state index contributed by atoms with van der Waals surface area (Å²) >= 11 is 0.